The van der Waals surface area contributed by atoms with Gasteiger partial charge in [-0.05, 0) is 25.0 Å². The number of nitrogens with two attached hydrogens (primary N) is 1. The van der Waals surface area contributed by atoms with E-state index in [0.29, 0.717) is 12.6 Å². The van der Waals surface area contributed by atoms with Gasteiger partial charge in [-0.25, -0.2) is 0 Å². The maximum absolute atomic E-state index is 5.65. The summed E-state index contributed by atoms with van der Waals surface area (Å²) >= 11 is 0. The van der Waals surface area contributed by atoms with Crippen molar-refractivity contribution in [3.05, 3.63) is 30.3 Å². The highest BCUT2D eigenvalue weighted by Crippen LogP contribution is 2.10. The molecule has 0 amide bonds. The van der Waals surface area contributed by atoms with Gasteiger partial charge >= 0.3 is 0 Å². The largest absolute Gasteiger partial charge is 0.494 e. The minimum atomic E-state index is 0.366. The first-order valence-corrected chi connectivity index (χ1v) is 6.50. The van der Waals surface area contributed by atoms with Crippen molar-refractivity contribution in [2.45, 2.75) is 45.1 Å². The highest BCUT2D eigenvalue weighted by molar-refractivity contribution is 5.20. The Balaban J connectivity index is 2.15. The number of benzene rings is 1. The van der Waals surface area contributed by atoms with E-state index in [9.17, 15) is 0 Å². The summed E-state index contributed by atoms with van der Waals surface area (Å²) in [6.45, 7) is 2.92. The zero-order valence-corrected chi connectivity index (χ0v) is 10.7. The Morgan fingerprint density at radius 1 is 1.18 bits per heavy atom. The molecule has 0 radical (unpaired) electrons. The van der Waals surface area contributed by atoms with Gasteiger partial charge in [0.25, 0.3) is 0 Å². The van der Waals surface area contributed by atoms with E-state index in [0.717, 1.165) is 18.6 Å². The Hall–Kier alpha value is -1.06. The van der Waals surface area contributed by atoms with Gasteiger partial charge in [0.2, 0.25) is 0 Å². The molecule has 17 heavy (non-hydrogen) atoms. The normalized spacial score (nSPS) is 12.4. The molecule has 3 N–H and O–H groups in total. The first-order chi connectivity index (χ1) is 8.36. The van der Waals surface area contributed by atoms with Gasteiger partial charge in [-0.3, -0.25) is 11.3 Å². The molecular weight excluding hydrogens is 212 g/mol. The third-order valence-electron chi connectivity index (χ3n) is 2.87. The number of nitrogens with one attached hydrogen (secondary N) is 1. The molecule has 0 aliphatic carbocycles. The predicted molar refractivity (Wildman–Crippen MR) is 71.8 cm³/mol. The van der Waals surface area contributed by atoms with Crippen LogP contribution in [-0.2, 0) is 0 Å². The van der Waals surface area contributed by atoms with E-state index in [4.69, 9.17) is 10.6 Å². The van der Waals surface area contributed by atoms with Crippen LogP contribution in [0.2, 0.25) is 0 Å². The monoisotopic (exact) mass is 236 g/mol. The van der Waals surface area contributed by atoms with E-state index >= 15 is 0 Å². The maximum atomic E-state index is 5.65. The summed E-state index contributed by atoms with van der Waals surface area (Å²) in [6, 6.07) is 10.3. The number of unbranched alkanes of at least 4 members (excludes halogenated alkanes) is 2. The van der Waals surface area contributed by atoms with Crippen molar-refractivity contribution >= 4 is 0 Å². The number of hydrazine groups is 1. The van der Waals surface area contributed by atoms with Crippen LogP contribution in [0.3, 0.4) is 0 Å². The maximum Gasteiger partial charge on any atom is 0.119 e. The number of ether oxygens (including phenoxy) is 1. The van der Waals surface area contributed by atoms with Crippen LogP contribution in [-0.4, -0.2) is 12.6 Å². The molecule has 1 aromatic rings. The number of para-hydroxylation sites is 1. The van der Waals surface area contributed by atoms with Gasteiger partial charge in [-0.15, -0.1) is 0 Å². The van der Waals surface area contributed by atoms with Gasteiger partial charge in [0, 0.05) is 6.04 Å². The average molecular weight is 236 g/mol. The standard InChI is InChI=1S/C14H24N2O/c1-2-3-5-8-13(16-15)11-12-17-14-9-6-4-7-10-14/h4,6-7,9-10,13,16H,2-3,5,8,11-12,15H2,1H3. The lowest BCUT2D eigenvalue weighted by Gasteiger charge is -2.15. The number of rotatable bonds is 9. The molecule has 1 unspecified atom stereocenters. The van der Waals surface area contributed by atoms with Crippen LogP contribution in [0.25, 0.3) is 0 Å². The van der Waals surface area contributed by atoms with Crippen LogP contribution in [0, 0.1) is 0 Å². The summed E-state index contributed by atoms with van der Waals surface area (Å²) < 4.78 is 5.65. The topological polar surface area (TPSA) is 47.3 Å². The Morgan fingerprint density at radius 3 is 2.59 bits per heavy atom. The Morgan fingerprint density at radius 2 is 1.94 bits per heavy atom. The van der Waals surface area contributed by atoms with E-state index in [1.165, 1.54) is 19.3 Å². The van der Waals surface area contributed by atoms with Crippen LogP contribution in [0.15, 0.2) is 30.3 Å². The van der Waals surface area contributed by atoms with E-state index in [1.54, 1.807) is 0 Å². The third kappa shape index (κ3) is 6.29. The van der Waals surface area contributed by atoms with Crippen molar-refractivity contribution in [2.24, 2.45) is 5.84 Å². The molecule has 0 bridgehead atoms. The van der Waals surface area contributed by atoms with Crippen molar-refractivity contribution < 1.29 is 4.74 Å². The fourth-order valence-corrected chi connectivity index (χ4v) is 1.79. The summed E-state index contributed by atoms with van der Waals surface area (Å²) in [6.07, 6.45) is 5.84. The van der Waals surface area contributed by atoms with Crippen molar-refractivity contribution in [1.82, 2.24) is 5.43 Å². The molecule has 1 rings (SSSR count). The second-order valence-electron chi connectivity index (χ2n) is 4.31. The molecule has 0 aliphatic rings. The Bertz CT molecular complexity index is 277. The quantitative estimate of drug-likeness (QED) is 0.394. The molecule has 96 valence electrons. The molecule has 3 nitrogen and oxygen atoms in total. The van der Waals surface area contributed by atoms with Crippen LogP contribution in [0.5, 0.6) is 5.75 Å². The van der Waals surface area contributed by atoms with E-state index in [2.05, 4.69) is 12.3 Å². The highest BCUT2D eigenvalue weighted by atomic mass is 16.5. The van der Waals surface area contributed by atoms with E-state index in [1.807, 2.05) is 30.3 Å². The fourth-order valence-electron chi connectivity index (χ4n) is 1.79. The first kappa shape index (κ1) is 14.0. The van der Waals surface area contributed by atoms with Crippen LogP contribution < -0.4 is 16.0 Å². The van der Waals surface area contributed by atoms with Crippen molar-refractivity contribution in [3.63, 3.8) is 0 Å². The highest BCUT2D eigenvalue weighted by Gasteiger charge is 2.06. The average Bonchev–Trinajstić information content (AvgIpc) is 2.38. The molecule has 0 saturated heterocycles. The lowest BCUT2D eigenvalue weighted by atomic mass is 10.1. The minimum absolute atomic E-state index is 0.366. The molecule has 3 heteroatoms. The lowest BCUT2D eigenvalue weighted by molar-refractivity contribution is 0.279. The van der Waals surface area contributed by atoms with Gasteiger partial charge in [0.15, 0.2) is 0 Å². The predicted octanol–water partition coefficient (Wildman–Crippen LogP) is 2.87. The van der Waals surface area contributed by atoms with Gasteiger partial charge in [0.05, 0.1) is 6.61 Å². The van der Waals surface area contributed by atoms with Crippen LogP contribution in [0.4, 0.5) is 0 Å². The second-order valence-corrected chi connectivity index (χ2v) is 4.31. The van der Waals surface area contributed by atoms with E-state index in [-0.39, 0.29) is 0 Å². The second kappa shape index (κ2) is 9.02. The molecule has 0 saturated carbocycles. The summed E-state index contributed by atoms with van der Waals surface area (Å²) in [5.74, 6) is 6.46. The minimum Gasteiger partial charge on any atom is -0.494 e. The summed E-state index contributed by atoms with van der Waals surface area (Å²) in [5, 5.41) is 0. The number of hydrogen-bond acceptors (Lipinski definition) is 3. The zero-order chi connectivity index (χ0) is 12.3. The number of hydrogen-bond donors (Lipinski definition) is 2. The summed E-state index contributed by atoms with van der Waals surface area (Å²) in [5.41, 5.74) is 2.87. The SMILES string of the molecule is CCCCCC(CCOc1ccccc1)NN. The lowest BCUT2D eigenvalue weighted by Crippen LogP contribution is -2.36. The van der Waals surface area contributed by atoms with Crippen LogP contribution >= 0.6 is 0 Å². The van der Waals surface area contributed by atoms with Crippen molar-refractivity contribution in [3.8, 4) is 5.75 Å². The molecule has 1 aromatic carbocycles. The summed E-state index contributed by atoms with van der Waals surface area (Å²) in [7, 11) is 0. The Labute approximate surface area is 104 Å². The molecular formula is C14H24N2O. The molecule has 0 spiro atoms. The van der Waals surface area contributed by atoms with Crippen molar-refractivity contribution in [2.75, 3.05) is 6.61 Å². The van der Waals surface area contributed by atoms with Gasteiger partial charge in [-0.2, -0.15) is 0 Å². The molecule has 0 aliphatic heterocycles. The molecule has 1 atom stereocenters. The van der Waals surface area contributed by atoms with Crippen molar-refractivity contribution in [1.29, 1.82) is 0 Å². The zero-order valence-electron chi connectivity index (χ0n) is 10.7. The molecule has 0 fully saturated rings. The molecule has 0 heterocycles. The summed E-state index contributed by atoms with van der Waals surface area (Å²) in [4.78, 5) is 0. The first-order valence-electron chi connectivity index (χ1n) is 6.50. The Kier molecular flexibility index (Phi) is 7.43. The van der Waals surface area contributed by atoms with Gasteiger partial charge < -0.3 is 4.74 Å². The molecule has 0 aromatic heterocycles. The van der Waals surface area contributed by atoms with E-state index < -0.39 is 0 Å². The van der Waals surface area contributed by atoms with Gasteiger partial charge in [-0.1, -0.05) is 44.4 Å². The fraction of sp³-hybridized carbons (Fsp3) is 0.571. The van der Waals surface area contributed by atoms with Gasteiger partial charge in [0.1, 0.15) is 5.75 Å². The smallest absolute Gasteiger partial charge is 0.119 e. The van der Waals surface area contributed by atoms with Crippen LogP contribution in [0.1, 0.15) is 39.0 Å². The third-order valence-corrected chi connectivity index (χ3v) is 2.87.